The van der Waals surface area contributed by atoms with Crippen molar-refractivity contribution in [2.75, 3.05) is 13.1 Å². The first-order chi connectivity index (χ1) is 8.63. The van der Waals surface area contributed by atoms with E-state index in [-0.39, 0.29) is 0 Å². The quantitative estimate of drug-likeness (QED) is 0.830. The summed E-state index contributed by atoms with van der Waals surface area (Å²) >= 11 is 6.00. The number of fused-ring (bicyclic) bond motifs is 1. The van der Waals surface area contributed by atoms with Gasteiger partial charge in [-0.2, -0.15) is 0 Å². The highest BCUT2D eigenvalue weighted by Gasteiger charge is 2.27. The minimum absolute atomic E-state index is 0.561. The first-order valence-electron chi connectivity index (χ1n) is 6.51. The zero-order valence-corrected chi connectivity index (χ0v) is 11.6. The van der Waals surface area contributed by atoms with Crippen LogP contribution >= 0.6 is 11.6 Å². The number of halogens is 1. The van der Waals surface area contributed by atoms with E-state index in [2.05, 4.69) is 24.9 Å². The molecular weight excluding hydrogens is 246 g/mol. The van der Waals surface area contributed by atoms with Crippen LogP contribution in [0.1, 0.15) is 31.9 Å². The van der Waals surface area contributed by atoms with Crippen LogP contribution in [0.4, 0.5) is 0 Å². The maximum absolute atomic E-state index is 6.00. The monoisotopic (exact) mass is 263 g/mol. The third kappa shape index (κ3) is 2.13. The lowest BCUT2D eigenvalue weighted by Crippen LogP contribution is -2.27. The largest absolute Gasteiger partial charge is 0.305 e. The summed E-state index contributed by atoms with van der Waals surface area (Å²) in [6, 6.07) is 4.49. The van der Waals surface area contributed by atoms with Gasteiger partial charge in [0.1, 0.15) is 5.65 Å². The highest BCUT2D eigenvalue weighted by Crippen LogP contribution is 2.28. The molecule has 4 heteroatoms. The fourth-order valence-corrected chi connectivity index (χ4v) is 2.85. The summed E-state index contributed by atoms with van der Waals surface area (Å²) in [5.41, 5.74) is 2.18. The molecule has 3 nitrogen and oxygen atoms in total. The molecule has 96 valence electrons. The second-order valence-electron chi connectivity index (χ2n) is 5.35. The Labute approximate surface area is 112 Å². The first-order valence-corrected chi connectivity index (χ1v) is 6.89. The molecule has 1 aliphatic rings. The van der Waals surface area contributed by atoms with Crippen molar-refractivity contribution >= 4 is 17.2 Å². The zero-order chi connectivity index (χ0) is 12.7. The molecule has 3 heterocycles. The lowest BCUT2D eigenvalue weighted by molar-refractivity contribution is 0.272. The number of pyridine rings is 1. The molecule has 0 bridgehead atoms. The molecule has 0 amide bonds. The van der Waals surface area contributed by atoms with Gasteiger partial charge in [-0.1, -0.05) is 11.6 Å². The third-order valence-corrected chi connectivity index (χ3v) is 4.03. The number of hydrogen-bond acceptors (Lipinski definition) is 2. The van der Waals surface area contributed by atoms with Crippen LogP contribution in [0, 0.1) is 0 Å². The molecule has 0 saturated carbocycles. The molecule has 0 aromatic carbocycles. The van der Waals surface area contributed by atoms with Gasteiger partial charge in [0.05, 0.1) is 10.7 Å². The van der Waals surface area contributed by atoms with E-state index < -0.39 is 0 Å². The molecule has 0 spiro atoms. The Morgan fingerprint density at radius 2 is 2.17 bits per heavy atom. The minimum Gasteiger partial charge on any atom is -0.305 e. The summed E-state index contributed by atoms with van der Waals surface area (Å²) in [6.45, 7) is 6.81. The van der Waals surface area contributed by atoms with Crippen molar-refractivity contribution in [2.24, 2.45) is 0 Å². The molecular formula is C14H18ClN3. The van der Waals surface area contributed by atoms with Crippen molar-refractivity contribution in [3.05, 3.63) is 35.2 Å². The fraction of sp³-hybridized carbons (Fsp3) is 0.500. The van der Waals surface area contributed by atoms with Crippen molar-refractivity contribution in [3.63, 3.8) is 0 Å². The van der Waals surface area contributed by atoms with Crippen molar-refractivity contribution in [2.45, 2.75) is 32.2 Å². The Morgan fingerprint density at radius 3 is 2.89 bits per heavy atom. The average Bonchev–Trinajstić information content (AvgIpc) is 2.93. The highest BCUT2D eigenvalue weighted by molar-refractivity contribution is 6.30. The molecule has 2 aromatic rings. The summed E-state index contributed by atoms with van der Waals surface area (Å²) < 4.78 is 2.02. The van der Waals surface area contributed by atoms with Crippen molar-refractivity contribution in [1.82, 2.24) is 14.3 Å². The number of rotatable bonds is 2. The predicted molar refractivity (Wildman–Crippen MR) is 74.3 cm³/mol. The number of aromatic nitrogens is 2. The maximum atomic E-state index is 6.00. The number of imidazole rings is 1. The minimum atomic E-state index is 0.561. The van der Waals surface area contributed by atoms with Gasteiger partial charge in [-0.25, -0.2) is 4.98 Å². The van der Waals surface area contributed by atoms with E-state index in [4.69, 9.17) is 16.6 Å². The summed E-state index contributed by atoms with van der Waals surface area (Å²) in [4.78, 5) is 7.22. The molecule has 1 atom stereocenters. The van der Waals surface area contributed by atoms with Crippen molar-refractivity contribution in [1.29, 1.82) is 0 Å². The topological polar surface area (TPSA) is 20.5 Å². The molecule has 0 radical (unpaired) electrons. The van der Waals surface area contributed by atoms with Gasteiger partial charge in [-0.15, -0.1) is 0 Å². The van der Waals surface area contributed by atoms with Gasteiger partial charge in [0.2, 0.25) is 0 Å². The molecule has 18 heavy (non-hydrogen) atoms. The Balaban J connectivity index is 1.87. The maximum Gasteiger partial charge on any atom is 0.137 e. The van der Waals surface area contributed by atoms with Crippen LogP contribution in [0.15, 0.2) is 24.5 Å². The van der Waals surface area contributed by atoms with E-state index in [1.165, 1.54) is 18.7 Å². The van der Waals surface area contributed by atoms with Gasteiger partial charge < -0.3 is 9.30 Å². The average molecular weight is 264 g/mol. The Morgan fingerprint density at radius 1 is 1.33 bits per heavy atom. The van der Waals surface area contributed by atoms with Gasteiger partial charge in [0, 0.05) is 30.9 Å². The van der Waals surface area contributed by atoms with E-state index in [1.807, 2.05) is 22.7 Å². The molecule has 1 unspecified atom stereocenters. The third-order valence-electron chi connectivity index (χ3n) is 3.80. The van der Waals surface area contributed by atoms with Crippen LogP contribution in [0.25, 0.3) is 5.65 Å². The smallest absolute Gasteiger partial charge is 0.137 e. The lowest BCUT2D eigenvalue weighted by atomic mass is 10.1. The van der Waals surface area contributed by atoms with E-state index in [0.29, 0.717) is 12.0 Å². The van der Waals surface area contributed by atoms with Crippen molar-refractivity contribution < 1.29 is 0 Å². The number of likely N-dealkylation sites (tertiary alicyclic amines) is 1. The van der Waals surface area contributed by atoms with E-state index in [0.717, 1.165) is 17.2 Å². The Bertz CT molecular complexity index is 561. The van der Waals surface area contributed by atoms with Gasteiger partial charge >= 0.3 is 0 Å². The predicted octanol–water partition coefficient (Wildman–Crippen LogP) is 3.19. The van der Waals surface area contributed by atoms with Crippen LogP contribution in [-0.4, -0.2) is 33.4 Å². The van der Waals surface area contributed by atoms with Crippen molar-refractivity contribution in [3.8, 4) is 0 Å². The molecule has 1 saturated heterocycles. The summed E-state index contributed by atoms with van der Waals surface area (Å²) in [7, 11) is 0. The summed E-state index contributed by atoms with van der Waals surface area (Å²) in [5.74, 6) is 0.561. The Kier molecular flexibility index (Phi) is 3.04. The molecule has 3 rings (SSSR count). The normalized spacial score (nSPS) is 21.2. The molecule has 0 N–H and O–H groups in total. The van der Waals surface area contributed by atoms with Gasteiger partial charge in [-0.05, 0) is 38.9 Å². The number of hydrogen-bond donors (Lipinski definition) is 0. The standard InChI is InChI=1S/C14H18ClN3/c1-10(2)17-6-5-11(7-17)13-9-18-8-12(15)3-4-14(18)16-13/h3-4,8-11H,5-7H2,1-2H3. The zero-order valence-electron chi connectivity index (χ0n) is 10.8. The van der Waals surface area contributed by atoms with Crippen LogP contribution in [0.3, 0.4) is 0 Å². The summed E-state index contributed by atoms with van der Waals surface area (Å²) in [5, 5.41) is 0.752. The molecule has 2 aromatic heterocycles. The molecule has 0 aliphatic carbocycles. The lowest BCUT2D eigenvalue weighted by Gasteiger charge is -2.19. The fourth-order valence-electron chi connectivity index (χ4n) is 2.68. The molecule has 1 fully saturated rings. The SMILES string of the molecule is CC(C)N1CCC(c2cn3cc(Cl)ccc3n2)C1. The van der Waals surface area contributed by atoms with E-state index in [1.54, 1.807) is 0 Å². The van der Waals surface area contributed by atoms with Gasteiger partial charge in [-0.3, -0.25) is 0 Å². The van der Waals surface area contributed by atoms with Gasteiger partial charge in [0.25, 0.3) is 0 Å². The first kappa shape index (κ1) is 12.0. The highest BCUT2D eigenvalue weighted by atomic mass is 35.5. The van der Waals surface area contributed by atoms with Gasteiger partial charge in [0.15, 0.2) is 0 Å². The Hall–Kier alpha value is -1.06. The van der Waals surface area contributed by atoms with Crippen LogP contribution in [0.5, 0.6) is 0 Å². The van der Waals surface area contributed by atoms with E-state index in [9.17, 15) is 0 Å². The number of nitrogens with zero attached hydrogens (tertiary/aromatic N) is 3. The van der Waals surface area contributed by atoms with Crippen LogP contribution in [0.2, 0.25) is 5.02 Å². The van der Waals surface area contributed by atoms with Crippen LogP contribution in [-0.2, 0) is 0 Å². The molecule has 1 aliphatic heterocycles. The second-order valence-corrected chi connectivity index (χ2v) is 5.79. The van der Waals surface area contributed by atoms with E-state index >= 15 is 0 Å². The second kappa shape index (κ2) is 4.56. The van der Waals surface area contributed by atoms with Crippen LogP contribution < -0.4 is 0 Å². The summed E-state index contributed by atoms with van der Waals surface area (Å²) in [6.07, 6.45) is 5.24.